The Bertz CT molecular complexity index is 517. The maximum atomic E-state index is 12.6. The molecule has 0 bridgehead atoms. The summed E-state index contributed by atoms with van der Waals surface area (Å²) in [5.74, 6) is -0.355. The molecule has 1 amide bonds. The molecule has 1 aromatic rings. The van der Waals surface area contributed by atoms with Crippen LogP contribution in [0.15, 0.2) is 12.1 Å². The van der Waals surface area contributed by atoms with Crippen LogP contribution in [0.3, 0.4) is 0 Å². The second kappa shape index (κ2) is 5.47. The first-order valence-electron chi connectivity index (χ1n) is 6.07. The zero-order valence-electron chi connectivity index (χ0n) is 10.6. The van der Waals surface area contributed by atoms with Crippen molar-refractivity contribution in [3.05, 3.63) is 22.8 Å². The molecule has 0 saturated heterocycles. The molecule has 1 unspecified atom stereocenters. The summed E-state index contributed by atoms with van der Waals surface area (Å²) in [5.41, 5.74) is -0.908. The minimum Gasteiger partial charge on any atom is -0.359 e. The van der Waals surface area contributed by atoms with Crippen molar-refractivity contribution in [3.8, 4) is 0 Å². The molecule has 2 N–H and O–H groups in total. The van der Waals surface area contributed by atoms with E-state index in [0.717, 1.165) is 25.0 Å². The van der Waals surface area contributed by atoms with Gasteiger partial charge in [-0.1, -0.05) is 11.6 Å². The highest BCUT2D eigenvalue weighted by atomic mass is 35.5. The average molecular weight is 308 g/mol. The van der Waals surface area contributed by atoms with Crippen LogP contribution in [-0.2, 0) is 11.0 Å². The third kappa shape index (κ3) is 4.00. The number of nitrogens with zero attached hydrogens (tertiary/aromatic N) is 1. The van der Waals surface area contributed by atoms with E-state index < -0.39 is 17.8 Å². The lowest BCUT2D eigenvalue weighted by Gasteiger charge is -2.16. The molecule has 1 fully saturated rings. The maximum absolute atomic E-state index is 12.6. The second-order valence-corrected chi connectivity index (χ2v) is 5.10. The summed E-state index contributed by atoms with van der Waals surface area (Å²) in [5, 5.41) is 5.09. The first-order chi connectivity index (χ1) is 9.25. The van der Waals surface area contributed by atoms with Crippen LogP contribution < -0.4 is 10.6 Å². The molecule has 110 valence electrons. The van der Waals surface area contributed by atoms with Gasteiger partial charge in [-0.15, -0.1) is 0 Å². The number of alkyl halides is 3. The van der Waals surface area contributed by atoms with Crippen LogP contribution >= 0.6 is 11.6 Å². The lowest BCUT2D eigenvalue weighted by Crippen LogP contribution is -2.38. The van der Waals surface area contributed by atoms with Gasteiger partial charge in [-0.25, -0.2) is 4.98 Å². The van der Waals surface area contributed by atoms with Crippen molar-refractivity contribution < 1.29 is 18.0 Å². The minimum atomic E-state index is -4.51. The van der Waals surface area contributed by atoms with Crippen molar-refractivity contribution in [2.45, 2.75) is 38.0 Å². The molecule has 8 heteroatoms. The SMILES string of the molecule is CC(Nc1cc(C(F)(F)F)cc(Cl)n1)C(=O)NC1CC1. The van der Waals surface area contributed by atoms with Gasteiger partial charge in [0.05, 0.1) is 5.56 Å². The Morgan fingerprint density at radius 1 is 1.45 bits per heavy atom. The van der Waals surface area contributed by atoms with E-state index in [2.05, 4.69) is 15.6 Å². The number of amides is 1. The number of rotatable bonds is 4. The van der Waals surface area contributed by atoms with Crippen molar-refractivity contribution in [1.29, 1.82) is 0 Å². The topological polar surface area (TPSA) is 54.0 Å². The number of anilines is 1. The van der Waals surface area contributed by atoms with Gasteiger partial charge in [-0.2, -0.15) is 13.2 Å². The summed E-state index contributed by atoms with van der Waals surface area (Å²) >= 11 is 5.56. The zero-order valence-corrected chi connectivity index (χ0v) is 11.3. The molecular weight excluding hydrogens is 295 g/mol. The van der Waals surface area contributed by atoms with Crippen LogP contribution in [0.1, 0.15) is 25.3 Å². The maximum Gasteiger partial charge on any atom is 0.416 e. The Morgan fingerprint density at radius 2 is 2.10 bits per heavy atom. The minimum absolute atomic E-state index is 0.0803. The van der Waals surface area contributed by atoms with Crippen LogP contribution in [0.25, 0.3) is 0 Å². The third-order valence-electron chi connectivity index (χ3n) is 2.80. The molecule has 0 aliphatic heterocycles. The van der Waals surface area contributed by atoms with E-state index in [9.17, 15) is 18.0 Å². The smallest absolute Gasteiger partial charge is 0.359 e. The van der Waals surface area contributed by atoms with E-state index in [4.69, 9.17) is 11.6 Å². The Balaban J connectivity index is 2.08. The molecule has 1 aliphatic rings. The highest BCUT2D eigenvalue weighted by molar-refractivity contribution is 6.29. The molecule has 1 atom stereocenters. The van der Waals surface area contributed by atoms with Crippen LogP contribution in [0.4, 0.5) is 19.0 Å². The van der Waals surface area contributed by atoms with Crippen molar-refractivity contribution >= 4 is 23.3 Å². The molecule has 1 heterocycles. The Hall–Kier alpha value is -1.50. The lowest BCUT2D eigenvalue weighted by atomic mass is 10.2. The molecule has 1 saturated carbocycles. The quantitative estimate of drug-likeness (QED) is 0.841. The van der Waals surface area contributed by atoms with E-state index in [1.807, 2.05) is 0 Å². The predicted molar refractivity (Wildman–Crippen MR) is 68.5 cm³/mol. The molecule has 0 radical (unpaired) electrons. The number of halogens is 4. The molecule has 20 heavy (non-hydrogen) atoms. The molecule has 1 aromatic heterocycles. The Morgan fingerprint density at radius 3 is 2.65 bits per heavy atom. The predicted octanol–water partition coefficient (Wildman–Crippen LogP) is 2.83. The van der Waals surface area contributed by atoms with E-state index in [0.29, 0.717) is 0 Å². The van der Waals surface area contributed by atoms with Gasteiger partial charge in [0.15, 0.2) is 0 Å². The summed E-state index contributed by atoms with van der Waals surface area (Å²) < 4.78 is 37.9. The fraction of sp³-hybridized carbons (Fsp3) is 0.500. The van der Waals surface area contributed by atoms with Gasteiger partial charge in [-0.3, -0.25) is 4.79 Å². The molecule has 4 nitrogen and oxygen atoms in total. The molecule has 0 aromatic carbocycles. The fourth-order valence-corrected chi connectivity index (χ4v) is 1.78. The van der Waals surface area contributed by atoms with Gasteiger partial charge < -0.3 is 10.6 Å². The fourth-order valence-electron chi connectivity index (χ4n) is 1.58. The third-order valence-corrected chi connectivity index (χ3v) is 3.00. The van der Waals surface area contributed by atoms with Gasteiger partial charge in [0, 0.05) is 6.04 Å². The monoisotopic (exact) mass is 307 g/mol. The summed E-state index contributed by atoms with van der Waals surface area (Å²) in [6.07, 6.45) is -2.64. The summed E-state index contributed by atoms with van der Waals surface area (Å²) in [7, 11) is 0. The Kier molecular flexibility index (Phi) is 4.08. The van der Waals surface area contributed by atoms with Gasteiger partial charge in [0.2, 0.25) is 5.91 Å². The van der Waals surface area contributed by atoms with Crippen LogP contribution in [0.5, 0.6) is 0 Å². The van der Waals surface area contributed by atoms with Crippen LogP contribution in [0.2, 0.25) is 5.15 Å². The molecule has 2 rings (SSSR count). The summed E-state index contributed by atoms with van der Waals surface area (Å²) in [6.45, 7) is 1.55. The van der Waals surface area contributed by atoms with Gasteiger partial charge in [-0.05, 0) is 31.9 Å². The van der Waals surface area contributed by atoms with Gasteiger partial charge in [0.1, 0.15) is 17.0 Å². The van der Waals surface area contributed by atoms with Gasteiger partial charge in [0.25, 0.3) is 0 Å². The van der Waals surface area contributed by atoms with Crippen molar-refractivity contribution in [3.63, 3.8) is 0 Å². The van der Waals surface area contributed by atoms with E-state index in [-0.39, 0.29) is 22.9 Å². The highest BCUT2D eigenvalue weighted by Gasteiger charge is 2.32. The standard InChI is InChI=1S/C12H13ClF3N3O/c1-6(11(20)18-8-2-3-8)17-10-5-7(12(14,15)16)4-9(13)19-10/h4-6,8H,2-3H2,1H3,(H,17,19)(H,18,20). The number of carbonyl (C=O) groups is 1. The Labute approximate surface area is 118 Å². The molecular formula is C12H13ClF3N3O. The second-order valence-electron chi connectivity index (χ2n) is 4.71. The zero-order chi connectivity index (χ0) is 14.9. The number of carbonyl (C=O) groups excluding carboxylic acids is 1. The lowest BCUT2D eigenvalue weighted by molar-refractivity contribution is -0.137. The average Bonchev–Trinajstić information content (AvgIpc) is 3.10. The van der Waals surface area contributed by atoms with Crippen LogP contribution in [-0.4, -0.2) is 23.0 Å². The number of nitrogens with one attached hydrogen (secondary N) is 2. The van der Waals surface area contributed by atoms with Crippen LogP contribution in [0, 0.1) is 0 Å². The van der Waals surface area contributed by atoms with E-state index >= 15 is 0 Å². The highest BCUT2D eigenvalue weighted by Crippen LogP contribution is 2.32. The number of hydrogen-bond donors (Lipinski definition) is 2. The summed E-state index contributed by atoms with van der Waals surface area (Å²) in [6, 6.07) is 1.06. The molecule has 0 spiro atoms. The van der Waals surface area contributed by atoms with Crippen molar-refractivity contribution in [2.24, 2.45) is 0 Å². The van der Waals surface area contributed by atoms with E-state index in [1.54, 1.807) is 6.92 Å². The van der Waals surface area contributed by atoms with E-state index in [1.165, 1.54) is 0 Å². The number of aromatic nitrogens is 1. The van der Waals surface area contributed by atoms with Gasteiger partial charge >= 0.3 is 6.18 Å². The van der Waals surface area contributed by atoms with Crippen molar-refractivity contribution in [2.75, 3.05) is 5.32 Å². The summed E-state index contributed by atoms with van der Waals surface area (Å²) in [4.78, 5) is 15.4. The number of pyridine rings is 1. The number of hydrogen-bond acceptors (Lipinski definition) is 3. The normalized spacial score (nSPS) is 16.6. The first kappa shape index (κ1) is 14.9. The first-order valence-corrected chi connectivity index (χ1v) is 6.45. The largest absolute Gasteiger partial charge is 0.416 e. The molecule has 1 aliphatic carbocycles. The van der Waals surface area contributed by atoms with Crippen molar-refractivity contribution in [1.82, 2.24) is 10.3 Å².